The Morgan fingerprint density at radius 2 is 1.64 bits per heavy atom. The molecule has 0 bridgehead atoms. The highest BCUT2D eigenvalue weighted by Crippen LogP contribution is 2.35. The average Bonchev–Trinajstić information content (AvgIpc) is 2.58. The molecule has 1 heterocycles. The van der Waals surface area contributed by atoms with Gasteiger partial charge in [0.2, 0.25) is 0 Å². The van der Waals surface area contributed by atoms with Gasteiger partial charge in [-0.05, 0) is 63.1 Å². The maximum absolute atomic E-state index is 11.8. The molecule has 1 aromatic carbocycles. The lowest BCUT2D eigenvalue weighted by Gasteiger charge is -2.27. The number of benzene rings is 1. The Morgan fingerprint density at radius 3 is 2.28 bits per heavy atom. The highest BCUT2D eigenvalue weighted by atomic mass is 16.5. The summed E-state index contributed by atoms with van der Waals surface area (Å²) in [4.78, 5) is 16.2. The van der Waals surface area contributed by atoms with Gasteiger partial charge in [0.05, 0.1) is 23.3 Å². The summed E-state index contributed by atoms with van der Waals surface area (Å²) >= 11 is 0. The van der Waals surface area contributed by atoms with Gasteiger partial charge in [0.25, 0.3) is 5.91 Å². The number of rotatable bonds is 5. The van der Waals surface area contributed by atoms with Gasteiger partial charge in [0.1, 0.15) is 11.5 Å². The smallest absolute Gasteiger partial charge is 0.252 e. The lowest BCUT2D eigenvalue weighted by Crippen LogP contribution is -2.26. The molecular formula is C20H24N2O3. The van der Waals surface area contributed by atoms with Crippen molar-refractivity contribution in [1.29, 1.82) is 0 Å². The highest BCUT2D eigenvalue weighted by Gasteiger charge is 2.23. The molecule has 4 rings (SSSR count). The van der Waals surface area contributed by atoms with Crippen molar-refractivity contribution >= 4 is 16.8 Å². The largest absolute Gasteiger partial charge is 0.490 e. The Hall–Kier alpha value is -2.30. The first-order valence-corrected chi connectivity index (χ1v) is 9.26. The molecule has 0 unspecified atom stereocenters. The van der Waals surface area contributed by atoms with Gasteiger partial charge < -0.3 is 15.2 Å². The molecule has 0 spiro atoms. The standard InChI is InChI=1S/C20H24N2O3/c21-20(23)16-11-17-15(12-19(16)25-14-7-4-8-14)18(9-10-22-17)24-13-5-2-1-3-6-13/h9-14H,1-8H2,(H2,21,23). The number of nitrogens with two attached hydrogens (primary N) is 1. The number of pyridine rings is 1. The Labute approximate surface area is 147 Å². The average molecular weight is 340 g/mol. The molecule has 5 heteroatoms. The van der Waals surface area contributed by atoms with Gasteiger partial charge >= 0.3 is 0 Å². The number of hydrogen-bond acceptors (Lipinski definition) is 4. The molecule has 0 radical (unpaired) electrons. The van der Waals surface area contributed by atoms with E-state index in [-0.39, 0.29) is 12.2 Å². The van der Waals surface area contributed by atoms with Crippen LogP contribution in [-0.2, 0) is 0 Å². The fourth-order valence-electron chi connectivity index (χ4n) is 3.57. The van der Waals surface area contributed by atoms with E-state index >= 15 is 0 Å². The zero-order valence-electron chi connectivity index (χ0n) is 14.4. The molecule has 2 fully saturated rings. The van der Waals surface area contributed by atoms with E-state index < -0.39 is 5.91 Å². The normalized spacial score (nSPS) is 18.7. The quantitative estimate of drug-likeness (QED) is 0.893. The SMILES string of the molecule is NC(=O)c1cc2nccc(OC3CCCCC3)c2cc1OC1CCC1. The fourth-order valence-corrected chi connectivity index (χ4v) is 3.57. The van der Waals surface area contributed by atoms with Crippen LogP contribution in [0.3, 0.4) is 0 Å². The molecule has 2 aromatic rings. The predicted molar refractivity (Wildman–Crippen MR) is 96.0 cm³/mol. The number of amides is 1. The van der Waals surface area contributed by atoms with Crippen LogP contribution in [0.5, 0.6) is 11.5 Å². The van der Waals surface area contributed by atoms with Crippen molar-refractivity contribution in [2.24, 2.45) is 5.73 Å². The number of primary amides is 1. The maximum Gasteiger partial charge on any atom is 0.252 e. The van der Waals surface area contributed by atoms with Crippen molar-refractivity contribution in [1.82, 2.24) is 4.98 Å². The van der Waals surface area contributed by atoms with E-state index in [1.165, 1.54) is 25.7 Å². The second kappa shape index (κ2) is 6.90. The predicted octanol–water partition coefficient (Wildman–Crippen LogP) is 3.98. The van der Waals surface area contributed by atoms with Crippen LogP contribution in [0, 0.1) is 0 Å². The minimum absolute atomic E-state index is 0.176. The first-order valence-electron chi connectivity index (χ1n) is 9.26. The fraction of sp³-hybridized carbons (Fsp3) is 0.500. The molecule has 25 heavy (non-hydrogen) atoms. The van der Waals surface area contributed by atoms with E-state index in [0.717, 1.165) is 36.8 Å². The van der Waals surface area contributed by atoms with Gasteiger partial charge in [0, 0.05) is 11.6 Å². The van der Waals surface area contributed by atoms with Crippen LogP contribution in [0.25, 0.3) is 10.9 Å². The third-order valence-electron chi connectivity index (χ3n) is 5.26. The van der Waals surface area contributed by atoms with Gasteiger partial charge in [0.15, 0.2) is 0 Å². The van der Waals surface area contributed by atoms with Gasteiger partial charge in [-0.1, -0.05) is 6.42 Å². The Morgan fingerprint density at radius 1 is 0.960 bits per heavy atom. The summed E-state index contributed by atoms with van der Waals surface area (Å²) in [5.74, 6) is 0.870. The van der Waals surface area contributed by atoms with Crippen LogP contribution in [-0.4, -0.2) is 23.1 Å². The van der Waals surface area contributed by atoms with E-state index in [1.54, 1.807) is 12.3 Å². The molecule has 1 aromatic heterocycles. The number of hydrogen-bond donors (Lipinski definition) is 1. The number of carbonyl (C=O) groups excluding carboxylic acids is 1. The van der Waals surface area contributed by atoms with Crippen LogP contribution in [0.1, 0.15) is 61.7 Å². The second-order valence-electron chi connectivity index (χ2n) is 7.09. The lowest BCUT2D eigenvalue weighted by molar-refractivity contribution is 0.0972. The lowest BCUT2D eigenvalue weighted by atomic mass is 9.96. The number of carbonyl (C=O) groups is 1. The second-order valence-corrected chi connectivity index (χ2v) is 7.09. The van der Waals surface area contributed by atoms with Crippen molar-refractivity contribution in [2.45, 2.75) is 63.6 Å². The molecule has 0 aliphatic heterocycles. The van der Waals surface area contributed by atoms with Crippen LogP contribution >= 0.6 is 0 Å². The molecule has 0 saturated heterocycles. The molecular weight excluding hydrogens is 316 g/mol. The van der Waals surface area contributed by atoms with Crippen molar-refractivity contribution < 1.29 is 14.3 Å². The minimum atomic E-state index is -0.489. The van der Waals surface area contributed by atoms with E-state index in [4.69, 9.17) is 15.2 Å². The molecule has 5 nitrogen and oxygen atoms in total. The Bertz CT molecular complexity index is 780. The Balaban J connectivity index is 1.70. The summed E-state index contributed by atoms with van der Waals surface area (Å²) in [5, 5.41) is 0.882. The highest BCUT2D eigenvalue weighted by molar-refractivity contribution is 6.01. The van der Waals surface area contributed by atoms with E-state index in [9.17, 15) is 4.79 Å². The van der Waals surface area contributed by atoms with Crippen molar-refractivity contribution in [3.63, 3.8) is 0 Å². The monoisotopic (exact) mass is 340 g/mol. The molecule has 1 amide bonds. The van der Waals surface area contributed by atoms with Gasteiger partial charge in [-0.3, -0.25) is 9.78 Å². The Kier molecular flexibility index (Phi) is 4.47. The topological polar surface area (TPSA) is 74.4 Å². The summed E-state index contributed by atoms with van der Waals surface area (Å²) in [5.41, 5.74) is 6.65. The summed E-state index contributed by atoms with van der Waals surface area (Å²) in [6.45, 7) is 0. The third-order valence-corrected chi connectivity index (χ3v) is 5.26. The van der Waals surface area contributed by atoms with Crippen LogP contribution < -0.4 is 15.2 Å². The maximum atomic E-state index is 11.8. The number of nitrogens with zero attached hydrogens (tertiary/aromatic N) is 1. The number of fused-ring (bicyclic) bond motifs is 1. The first kappa shape index (κ1) is 16.2. The van der Waals surface area contributed by atoms with Gasteiger partial charge in [-0.2, -0.15) is 0 Å². The molecule has 2 N–H and O–H groups in total. The number of ether oxygens (including phenoxy) is 2. The van der Waals surface area contributed by atoms with Gasteiger partial charge in [-0.15, -0.1) is 0 Å². The number of aromatic nitrogens is 1. The molecule has 132 valence electrons. The zero-order chi connectivity index (χ0) is 17.2. The summed E-state index contributed by atoms with van der Waals surface area (Å²) in [6.07, 6.45) is 11.3. The van der Waals surface area contributed by atoms with Crippen LogP contribution in [0.2, 0.25) is 0 Å². The van der Waals surface area contributed by atoms with Crippen LogP contribution in [0.4, 0.5) is 0 Å². The van der Waals surface area contributed by atoms with E-state index in [2.05, 4.69) is 4.98 Å². The third kappa shape index (κ3) is 3.41. The van der Waals surface area contributed by atoms with Gasteiger partial charge in [-0.25, -0.2) is 0 Å². The molecule has 2 aliphatic rings. The molecule has 0 atom stereocenters. The van der Waals surface area contributed by atoms with Crippen molar-refractivity contribution in [2.75, 3.05) is 0 Å². The zero-order valence-corrected chi connectivity index (χ0v) is 14.4. The van der Waals surface area contributed by atoms with E-state index in [1.807, 2.05) is 12.1 Å². The molecule has 2 aliphatic carbocycles. The van der Waals surface area contributed by atoms with Crippen molar-refractivity contribution in [3.05, 3.63) is 30.0 Å². The summed E-state index contributed by atoms with van der Waals surface area (Å²) in [7, 11) is 0. The van der Waals surface area contributed by atoms with E-state index in [0.29, 0.717) is 16.8 Å². The van der Waals surface area contributed by atoms with Crippen molar-refractivity contribution in [3.8, 4) is 11.5 Å². The van der Waals surface area contributed by atoms with Crippen LogP contribution in [0.15, 0.2) is 24.4 Å². The molecule has 2 saturated carbocycles. The first-order chi connectivity index (χ1) is 12.2. The minimum Gasteiger partial charge on any atom is -0.490 e. The summed E-state index contributed by atoms with van der Waals surface area (Å²) < 4.78 is 12.3. The summed E-state index contributed by atoms with van der Waals surface area (Å²) in [6, 6.07) is 5.49.